The van der Waals surface area contributed by atoms with Crippen LogP contribution in [0.15, 0.2) is 12.1 Å². The molecular weight excluding hydrogens is 221 g/mol. The lowest BCUT2D eigenvalue weighted by Gasteiger charge is -2.07. The fraction of sp³-hybridized carbons (Fsp3) is 0.462. The highest BCUT2D eigenvalue weighted by atomic mass is 32.1. The number of halogens is 1. The van der Waals surface area contributed by atoms with E-state index < -0.39 is 0 Å². The third kappa shape index (κ3) is 1.84. The third-order valence-corrected chi connectivity index (χ3v) is 3.61. The molecule has 1 nitrogen and oxygen atoms in total. The van der Waals surface area contributed by atoms with E-state index in [-0.39, 0.29) is 11.7 Å². The molecule has 0 radical (unpaired) electrons. The maximum atomic E-state index is 13.9. The first-order valence-electron chi connectivity index (χ1n) is 5.59. The van der Waals surface area contributed by atoms with Gasteiger partial charge >= 0.3 is 0 Å². The lowest BCUT2D eigenvalue weighted by atomic mass is 9.99. The van der Waals surface area contributed by atoms with Crippen molar-refractivity contribution in [3.63, 3.8) is 0 Å². The molecule has 0 saturated carbocycles. The van der Waals surface area contributed by atoms with E-state index in [1.807, 2.05) is 19.9 Å². The fourth-order valence-corrected chi connectivity index (χ4v) is 2.80. The van der Waals surface area contributed by atoms with Gasteiger partial charge in [0.15, 0.2) is 0 Å². The van der Waals surface area contributed by atoms with Gasteiger partial charge in [0.25, 0.3) is 0 Å². The molecule has 0 aliphatic carbocycles. The molecule has 0 atom stereocenters. The van der Waals surface area contributed by atoms with Gasteiger partial charge in [-0.2, -0.15) is 4.37 Å². The van der Waals surface area contributed by atoms with E-state index in [0.717, 1.165) is 21.3 Å². The van der Waals surface area contributed by atoms with E-state index in [1.165, 1.54) is 11.5 Å². The molecule has 0 spiro atoms. The van der Waals surface area contributed by atoms with Crippen LogP contribution in [0.25, 0.3) is 10.1 Å². The highest BCUT2D eigenvalue weighted by Gasteiger charge is 2.14. The maximum Gasteiger partial charge on any atom is 0.127 e. The Bertz CT molecular complexity index is 514. The summed E-state index contributed by atoms with van der Waals surface area (Å²) in [4.78, 5) is 0. The van der Waals surface area contributed by atoms with Crippen molar-refractivity contribution >= 4 is 21.6 Å². The molecule has 0 amide bonds. The van der Waals surface area contributed by atoms with Crippen molar-refractivity contribution in [2.75, 3.05) is 0 Å². The van der Waals surface area contributed by atoms with Gasteiger partial charge in [-0.25, -0.2) is 4.39 Å². The zero-order valence-electron chi connectivity index (χ0n) is 10.0. The van der Waals surface area contributed by atoms with Crippen LogP contribution in [0.5, 0.6) is 0 Å². The van der Waals surface area contributed by atoms with Gasteiger partial charge in [-0.15, -0.1) is 0 Å². The van der Waals surface area contributed by atoms with Gasteiger partial charge in [0, 0.05) is 5.39 Å². The Hall–Kier alpha value is -0.960. The Morgan fingerprint density at radius 3 is 2.38 bits per heavy atom. The summed E-state index contributed by atoms with van der Waals surface area (Å²) in [7, 11) is 0. The molecular formula is C13H16FNS. The molecule has 0 unspecified atom stereocenters. The Balaban J connectivity index is 2.66. The summed E-state index contributed by atoms with van der Waals surface area (Å²) < 4.78 is 19.4. The van der Waals surface area contributed by atoms with E-state index in [0.29, 0.717) is 5.92 Å². The van der Waals surface area contributed by atoms with E-state index in [2.05, 4.69) is 18.2 Å². The maximum absolute atomic E-state index is 13.9. The van der Waals surface area contributed by atoms with Gasteiger partial charge in [-0.3, -0.25) is 0 Å². The van der Waals surface area contributed by atoms with E-state index in [4.69, 9.17) is 0 Å². The first-order chi connectivity index (χ1) is 7.50. The highest BCUT2D eigenvalue weighted by Crippen LogP contribution is 2.32. The quantitative estimate of drug-likeness (QED) is 0.739. The van der Waals surface area contributed by atoms with Crippen molar-refractivity contribution < 1.29 is 4.39 Å². The van der Waals surface area contributed by atoms with Crippen LogP contribution in [0, 0.1) is 5.82 Å². The summed E-state index contributed by atoms with van der Waals surface area (Å²) in [5.41, 5.74) is 1.79. The molecule has 1 heterocycles. The summed E-state index contributed by atoms with van der Waals surface area (Å²) in [6.07, 6.45) is 0. The molecule has 1 aromatic heterocycles. The number of aromatic nitrogens is 1. The summed E-state index contributed by atoms with van der Waals surface area (Å²) in [5, 5.41) is 0.974. The second-order valence-electron chi connectivity index (χ2n) is 4.75. The van der Waals surface area contributed by atoms with Gasteiger partial charge in [0.1, 0.15) is 5.82 Å². The molecule has 0 aliphatic heterocycles. The second kappa shape index (κ2) is 4.13. The van der Waals surface area contributed by atoms with Crippen LogP contribution in [-0.2, 0) is 0 Å². The minimum atomic E-state index is -0.107. The molecule has 0 aliphatic rings. The number of nitrogens with zero attached hydrogens (tertiary/aromatic N) is 1. The van der Waals surface area contributed by atoms with Gasteiger partial charge in [-0.1, -0.05) is 27.7 Å². The molecule has 0 saturated heterocycles. The minimum absolute atomic E-state index is 0.107. The average molecular weight is 237 g/mol. The lowest BCUT2D eigenvalue weighted by Crippen LogP contribution is -1.93. The van der Waals surface area contributed by atoms with Crippen molar-refractivity contribution in [2.45, 2.75) is 39.5 Å². The molecule has 3 heteroatoms. The van der Waals surface area contributed by atoms with E-state index in [1.54, 1.807) is 6.07 Å². The smallest absolute Gasteiger partial charge is 0.127 e. The van der Waals surface area contributed by atoms with Gasteiger partial charge in [-0.05, 0) is 41.1 Å². The van der Waals surface area contributed by atoms with Gasteiger partial charge in [0.05, 0.1) is 10.4 Å². The molecule has 0 bridgehead atoms. The number of fused-ring (bicyclic) bond motifs is 1. The standard InChI is InChI=1S/C13H16FNS/c1-7(2)9-6-12-10(5-11(9)14)13(8(3)4)15-16-12/h5-8H,1-4H3. The Labute approximate surface area is 99.5 Å². The Morgan fingerprint density at radius 1 is 1.12 bits per heavy atom. The molecule has 2 rings (SSSR count). The van der Waals surface area contributed by atoms with Crippen molar-refractivity contribution in [2.24, 2.45) is 0 Å². The van der Waals surface area contributed by atoms with Crippen LogP contribution in [0.3, 0.4) is 0 Å². The van der Waals surface area contributed by atoms with Crippen molar-refractivity contribution in [3.8, 4) is 0 Å². The number of hydrogen-bond donors (Lipinski definition) is 0. The molecule has 86 valence electrons. The fourth-order valence-electron chi connectivity index (χ4n) is 1.85. The normalized spacial score (nSPS) is 11.9. The topological polar surface area (TPSA) is 12.9 Å². The monoisotopic (exact) mass is 237 g/mol. The third-order valence-electron chi connectivity index (χ3n) is 2.79. The minimum Gasteiger partial charge on any atom is -0.207 e. The van der Waals surface area contributed by atoms with Crippen molar-refractivity contribution in [1.82, 2.24) is 4.37 Å². The van der Waals surface area contributed by atoms with Crippen molar-refractivity contribution in [3.05, 3.63) is 29.2 Å². The number of benzene rings is 1. The summed E-state index contributed by atoms with van der Waals surface area (Å²) in [6, 6.07) is 3.59. The van der Waals surface area contributed by atoms with Crippen LogP contribution in [0.1, 0.15) is 50.8 Å². The predicted molar refractivity (Wildman–Crippen MR) is 67.8 cm³/mol. The van der Waals surface area contributed by atoms with Crippen molar-refractivity contribution in [1.29, 1.82) is 0 Å². The SMILES string of the molecule is CC(C)c1cc2snc(C(C)C)c2cc1F. The number of hydrogen-bond acceptors (Lipinski definition) is 2. The average Bonchev–Trinajstić information content (AvgIpc) is 2.58. The van der Waals surface area contributed by atoms with Crippen LogP contribution >= 0.6 is 11.5 Å². The first-order valence-corrected chi connectivity index (χ1v) is 6.36. The molecule has 16 heavy (non-hydrogen) atoms. The second-order valence-corrected chi connectivity index (χ2v) is 5.55. The molecule has 2 aromatic rings. The van der Waals surface area contributed by atoms with Gasteiger partial charge < -0.3 is 0 Å². The zero-order chi connectivity index (χ0) is 11.9. The van der Waals surface area contributed by atoms with Crippen LogP contribution < -0.4 is 0 Å². The van der Waals surface area contributed by atoms with E-state index in [9.17, 15) is 4.39 Å². The lowest BCUT2D eigenvalue weighted by molar-refractivity contribution is 0.600. The highest BCUT2D eigenvalue weighted by molar-refractivity contribution is 7.13. The summed E-state index contributed by atoms with van der Waals surface area (Å²) in [6.45, 7) is 8.19. The van der Waals surface area contributed by atoms with E-state index >= 15 is 0 Å². The van der Waals surface area contributed by atoms with Crippen LogP contribution in [-0.4, -0.2) is 4.37 Å². The predicted octanol–water partition coefficient (Wildman–Crippen LogP) is 4.68. The Morgan fingerprint density at radius 2 is 1.81 bits per heavy atom. The van der Waals surface area contributed by atoms with Crippen LogP contribution in [0.2, 0.25) is 0 Å². The molecule has 1 aromatic carbocycles. The first kappa shape index (κ1) is 11.5. The largest absolute Gasteiger partial charge is 0.207 e. The van der Waals surface area contributed by atoms with Crippen LogP contribution in [0.4, 0.5) is 4.39 Å². The van der Waals surface area contributed by atoms with Gasteiger partial charge in [0.2, 0.25) is 0 Å². The zero-order valence-corrected chi connectivity index (χ0v) is 10.9. The molecule has 0 fully saturated rings. The number of rotatable bonds is 2. The summed E-state index contributed by atoms with van der Waals surface area (Å²) >= 11 is 1.47. The Kier molecular flexibility index (Phi) is 2.98. The summed E-state index contributed by atoms with van der Waals surface area (Å²) in [5.74, 6) is 0.455. The molecule has 0 N–H and O–H groups in total.